The molecule has 19 heteroatoms. The van der Waals surface area contributed by atoms with E-state index in [0.717, 1.165) is 109 Å². The highest BCUT2D eigenvalue weighted by Gasteiger charge is 2.30. The zero-order valence-electron chi connectivity index (χ0n) is 64.6. The van der Waals surface area contributed by atoms with Crippen molar-refractivity contribution in [2.45, 2.75) is 445 Å². The monoisotopic (exact) mass is 1450 g/mol. The van der Waals surface area contributed by atoms with Gasteiger partial charge in [-0.05, 0) is 31.6 Å². The van der Waals surface area contributed by atoms with Crippen LogP contribution in [0.25, 0.3) is 0 Å². The number of aliphatic hydroxyl groups excluding tert-OH is 1. The maximum absolute atomic E-state index is 13.1. The van der Waals surface area contributed by atoms with E-state index in [1.54, 1.807) is 0 Å². The lowest BCUT2D eigenvalue weighted by atomic mass is 10.0. The van der Waals surface area contributed by atoms with Gasteiger partial charge >= 0.3 is 39.5 Å². The number of phosphoric acid groups is 2. The van der Waals surface area contributed by atoms with Gasteiger partial charge in [0.15, 0.2) is 12.2 Å². The first-order valence-electron chi connectivity index (χ1n) is 41.6. The van der Waals surface area contributed by atoms with Crippen molar-refractivity contribution in [3.63, 3.8) is 0 Å². The molecule has 5 atom stereocenters. The first kappa shape index (κ1) is 97.1. The Bertz CT molecular complexity index is 1890. The van der Waals surface area contributed by atoms with E-state index in [9.17, 15) is 43.2 Å². The van der Waals surface area contributed by atoms with Gasteiger partial charge in [0.25, 0.3) is 0 Å². The highest BCUT2D eigenvalue weighted by atomic mass is 31.2. The molecule has 0 heterocycles. The Morgan fingerprint density at radius 2 is 0.465 bits per heavy atom. The third-order valence-electron chi connectivity index (χ3n) is 18.8. The Labute approximate surface area is 607 Å². The third-order valence-corrected chi connectivity index (χ3v) is 20.7. The van der Waals surface area contributed by atoms with Crippen LogP contribution in [-0.4, -0.2) is 96.7 Å². The minimum absolute atomic E-state index is 0.107. The maximum Gasteiger partial charge on any atom is 0.472 e. The molecule has 0 spiro atoms. The van der Waals surface area contributed by atoms with Crippen LogP contribution in [-0.2, 0) is 65.4 Å². The number of carbonyl (C=O) groups is 4. The van der Waals surface area contributed by atoms with Crippen molar-refractivity contribution in [1.29, 1.82) is 0 Å². The average Bonchev–Trinajstić information content (AvgIpc) is 0.970. The van der Waals surface area contributed by atoms with Crippen LogP contribution >= 0.6 is 15.6 Å². The van der Waals surface area contributed by atoms with Gasteiger partial charge < -0.3 is 33.8 Å². The van der Waals surface area contributed by atoms with Gasteiger partial charge in [0, 0.05) is 25.7 Å². The summed E-state index contributed by atoms with van der Waals surface area (Å²) in [7, 11) is -9.91. The van der Waals surface area contributed by atoms with Crippen molar-refractivity contribution in [3.05, 3.63) is 0 Å². The molecule has 588 valence electrons. The van der Waals surface area contributed by atoms with E-state index < -0.39 is 97.5 Å². The van der Waals surface area contributed by atoms with Crippen molar-refractivity contribution in [3.8, 4) is 0 Å². The number of carbonyl (C=O) groups excluding carboxylic acids is 4. The van der Waals surface area contributed by atoms with Crippen LogP contribution in [0.3, 0.4) is 0 Å². The molecule has 0 aromatic carbocycles. The van der Waals surface area contributed by atoms with E-state index in [0.29, 0.717) is 25.7 Å². The van der Waals surface area contributed by atoms with Gasteiger partial charge in [-0.3, -0.25) is 37.3 Å². The average molecular weight is 1450 g/mol. The Morgan fingerprint density at radius 1 is 0.273 bits per heavy atom. The van der Waals surface area contributed by atoms with Gasteiger partial charge in [0.2, 0.25) is 0 Å². The van der Waals surface area contributed by atoms with Crippen LogP contribution in [0.15, 0.2) is 0 Å². The lowest BCUT2D eigenvalue weighted by molar-refractivity contribution is -0.161. The molecule has 0 aliphatic carbocycles. The zero-order valence-corrected chi connectivity index (χ0v) is 66.4. The van der Waals surface area contributed by atoms with E-state index in [2.05, 4.69) is 34.6 Å². The van der Waals surface area contributed by atoms with Crippen molar-refractivity contribution in [2.24, 2.45) is 5.92 Å². The standard InChI is InChI=1S/C80H156O17P2/c1-6-9-12-15-18-20-22-24-25-26-27-28-29-30-31-34-38-42-46-51-56-61-66-80(85)97-76(70-91-78(83)64-59-54-49-44-41-37-35-32-33-36-39-43-48-52-57-62-73(4)5)72-95-99(88,89)93-68-74(81)67-92-98(86,87)94-71-75(69-90-77(82)63-58-53-47-17-14-11-8-3)96-79(84)65-60-55-50-45-40-23-21-19-16-13-10-7-2/h73-76,81H,6-72H2,1-5H3,(H,86,87)(H,88,89)/t74-,75+,76+/m0/s1. The Morgan fingerprint density at radius 3 is 0.687 bits per heavy atom. The minimum atomic E-state index is -4.96. The fraction of sp³-hybridized carbons (Fsp3) is 0.950. The number of ether oxygens (including phenoxy) is 4. The number of hydrogen-bond acceptors (Lipinski definition) is 15. The molecule has 0 bridgehead atoms. The van der Waals surface area contributed by atoms with E-state index in [-0.39, 0.29) is 25.7 Å². The quantitative estimate of drug-likeness (QED) is 0.0222. The summed E-state index contributed by atoms with van der Waals surface area (Å²) in [4.78, 5) is 72.8. The molecular formula is C80H156O17P2. The molecule has 0 aliphatic heterocycles. The fourth-order valence-electron chi connectivity index (χ4n) is 12.4. The topological polar surface area (TPSA) is 237 Å². The van der Waals surface area contributed by atoms with Gasteiger partial charge in [0.1, 0.15) is 19.3 Å². The lowest BCUT2D eigenvalue weighted by Crippen LogP contribution is -2.30. The predicted octanol–water partition coefficient (Wildman–Crippen LogP) is 24.0. The summed E-state index contributed by atoms with van der Waals surface area (Å²) < 4.78 is 68.5. The molecule has 0 aromatic rings. The third kappa shape index (κ3) is 74.1. The van der Waals surface area contributed by atoms with Crippen LogP contribution in [0.1, 0.15) is 426 Å². The lowest BCUT2D eigenvalue weighted by Gasteiger charge is -2.21. The molecular weight excluding hydrogens is 1290 g/mol. The largest absolute Gasteiger partial charge is 0.472 e. The fourth-order valence-corrected chi connectivity index (χ4v) is 14.0. The van der Waals surface area contributed by atoms with Crippen LogP contribution in [0.2, 0.25) is 0 Å². The second kappa shape index (κ2) is 73.0. The highest BCUT2D eigenvalue weighted by molar-refractivity contribution is 7.47. The molecule has 0 aliphatic rings. The number of phosphoric ester groups is 2. The Hall–Kier alpha value is -1.94. The van der Waals surface area contributed by atoms with Crippen molar-refractivity contribution in [1.82, 2.24) is 0 Å². The number of rotatable bonds is 80. The predicted molar refractivity (Wildman–Crippen MR) is 405 cm³/mol. The number of hydrogen-bond donors (Lipinski definition) is 3. The molecule has 99 heavy (non-hydrogen) atoms. The van der Waals surface area contributed by atoms with Crippen LogP contribution in [0.4, 0.5) is 0 Å². The summed E-state index contributed by atoms with van der Waals surface area (Å²) in [6, 6.07) is 0. The number of esters is 4. The molecule has 0 aromatic heterocycles. The van der Waals surface area contributed by atoms with Crippen LogP contribution < -0.4 is 0 Å². The normalized spacial score (nSPS) is 13.9. The summed E-state index contributed by atoms with van der Waals surface area (Å²) in [6.07, 6.45) is 64.1. The van der Waals surface area contributed by atoms with E-state index in [1.165, 1.54) is 238 Å². The minimum Gasteiger partial charge on any atom is -0.462 e. The van der Waals surface area contributed by atoms with E-state index in [1.807, 2.05) is 0 Å². The van der Waals surface area contributed by atoms with E-state index >= 15 is 0 Å². The van der Waals surface area contributed by atoms with Gasteiger partial charge in [-0.15, -0.1) is 0 Å². The highest BCUT2D eigenvalue weighted by Crippen LogP contribution is 2.45. The smallest absolute Gasteiger partial charge is 0.462 e. The summed E-state index contributed by atoms with van der Waals surface area (Å²) in [5, 5.41) is 10.6. The van der Waals surface area contributed by atoms with Crippen LogP contribution in [0, 0.1) is 5.92 Å². The SMILES string of the molecule is CCCCCCCCCCCCCCCCCCCCCCCCC(=O)O[C@H](COC(=O)CCCCCCCCCCCCCCCCCC(C)C)COP(=O)(O)OC[C@@H](O)COP(=O)(O)OC[C@@H](COC(=O)CCCCCCCCC)OC(=O)CCCCCCCCCCCCCC. The summed E-state index contributed by atoms with van der Waals surface area (Å²) in [6.45, 7) is 7.30. The summed E-state index contributed by atoms with van der Waals surface area (Å²) in [5.74, 6) is -1.31. The number of aliphatic hydroxyl groups is 1. The zero-order chi connectivity index (χ0) is 72.7. The summed E-state index contributed by atoms with van der Waals surface area (Å²) in [5.41, 5.74) is 0. The maximum atomic E-state index is 13.1. The van der Waals surface area contributed by atoms with Gasteiger partial charge in [-0.1, -0.05) is 375 Å². The van der Waals surface area contributed by atoms with Gasteiger partial charge in [-0.25, -0.2) is 9.13 Å². The molecule has 17 nitrogen and oxygen atoms in total. The first-order chi connectivity index (χ1) is 48.0. The second-order valence-electron chi connectivity index (χ2n) is 29.3. The van der Waals surface area contributed by atoms with Crippen LogP contribution in [0.5, 0.6) is 0 Å². The first-order valence-corrected chi connectivity index (χ1v) is 44.6. The van der Waals surface area contributed by atoms with Crippen molar-refractivity contribution in [2.75, 3.05) is 39.6 Å². The molecule has 3 N–H and O–H groups in total. The Kier molecular flexibility index (Phi) is 71.6. The van der Waals surface area contributed by atoms with Gasteiger partial charge in [0.05, 0.1) is 26.4 Å². The number of unbranched alkanes of at least 4 members (excludes halogenated alkanes) is 52. The second-order valence-corrected chi connectivity index (χ2v) is 32.2. The van der Waals surface area contributed by atoms with E-state index in [4.69, 9.17) is 37.0 Å². The van der Waals surface area contributed by atoms with Gasteiger partial charge in [-0.2, -0.15) is 0 Å². The molecule has 0 saturated carbocycles. The molecule has 0 saturated heterocycles. The molecule has 0 rings (SSSR count). The van der Waals surface area contributed by atoms with Crippen molar-refractivity contribution < 1.29 is 80.2 Å². The molecule has 0 amide bonds. The molecule has 0 radical (unpaired) electrons. The molecule has 2 unspecified atom stereocenters. The van der Waals surface area contributed by atoms with Crippen molar-refractivity contribution >= 4 is 39.5 Å². The summed E-state index contributed by atoms with van der Waals surface area (Å²) >= 11 is 0. The Balaban J connectivity index is 5.15. The molecule has 0 fully saturated rings.